The van der Waals surface area contributed by atoms with Gasteiger partial charge in [0, 0.05) is 44.7 Å². The van der Waals surface area contributed by atoms with E-state index >= 15 is 0 Å². The lowest BCUT2D eigenvalue weighted by Gasteiger charge is -2.44. The third kappa shape index (κ3) is 6.09. The van der Waals surface area contributed by atoms with Crippen molar-refractivity contribution < 1.29 is 23.1 Å². The summed E-state index contributed by atoms with van der Waals surface area (Å²) in [6, 6.07) is 6.52. The molecule has 1 aromatic carbocycles. The molecule has 31 heavy (non-hydrogen) atoms. The lowest BCUT2D eigenvalue weighted by Crippen LogP contribution is -2.53. The molecule has 2 heterocycles. The number of para-hydroxylation sites is 1. The first-order valence-corrected chi connectivity index (χ1v) is 12.3. The molecule has 1 fully saturated rings. The van der Waals surface area contributed by atoms with Gasteiger partial charge in [0.25, 0.3) is 0 Å². The predicted molar refractivity (Wildman–Crippen MR) is 118 cm³/mol. The molecule has 1 spiro atoms. The molecule has 0 saturated carbocycles. The van der Waals surface area contributed by atoms with Crippen molar-refractivity contribution in [3.63, 3.8) is 0 Å². The number of nitrogens with one attached hydrogen (secondary N) is 2. The van der Waals surface area contributed by atoms with Gasteiger partial charge in [-0.05, 0) is 38.4 Å². The number of rotatable bonds is 2. The van der Waals surface area contributed by atoms with Crippen LogP contribution in [0.4, 0.5) is 4.79 Å². The molecule has 2 aliphatic heterocycles. The number of aliphatic hydroxyl groups excluding tert-OH is 1. The van der Waals surface area contributed by atoms with Gasteiger partial charge in [0.15, 0.2) is 0 Å². The van der Waals surface area contributed by atoms with Crippen LogP contribution in [0.2, 0.25) is 0 Å². The average Bonchev–Trinajstić information content (AvgIpc) is 2.75. The molecule has 10 heteroatoms. The molecular formula is C21H34N4O5S. The summed E-state index contributed by atoms with van der Waals surface area (Å²) in [7, 11) is -1.89. The number of urea groups is 1. The summed E-state index contributed by atoms with van der Waals surface area (Å²) in [5.74, 6) is 0.301. The van der Waals surface area contributed by atoms with Crippen LogP contribution in [0.1, 0.15) is 26.2 Å². The Kier molecular flexibility index (Phi) is 7.79. The Bertz CT molecular complexity index is 855. The lowest BCUT2D eigenvalue weighted by molar-refractivity contribution is 0.0243. The molecule has 0 bridgehead atoms. The zero-order chi connectivity index (χ0) is 22.5. The van der Waals surface area contributed by atoms with Crippen LogP contribution < -0.4 is 14.8 Å². The summed E-state index contributed by atoms with van der Waals surface area (Å²) in [6.07, 6.45) is 1.53. The maximum Gasteiger partial charge on any atom is 0.317 e. The van der Waals surface area contributed by atoms with Gasteiger partial charge in [-0.2, -0.15) is 0 Å². The van der Waals surface area contributed by atoms with Crippen LogP contribution in [0.5, 0.6) is 5.75 Å². The fourth-order valence-electron chi connectivity index (χ4n) is 4.24. The normalized spacial score (nSPS) is 24.4. The van der Waals surface area contributed by atoms with Gasteiger partial charge in [0.1, 0.15) is 10.6 Å². The number of carbonyl (C=O) groups excluding carboxylic acids is 1. The summed E-state index contributed by atoms with van der Waals surface area (Å²) in [5, 5.41) is 13.3. The van der Waals surface area contributed by atoms with Crippen molar-refractivity contribution in [1.82, 2.24) is 19.8 Å². The SMILES string of the molecule is CCCNC(=O)N1CCC2(CC1)COc1ccccc1S(=O)(=O)NCC(O)CN(C)C2. The van der Waals surface area contributed by atoms with E-state index in [9.17, 15) is 18.3 Å². The van der Waals surface area contributed by atoms with E-state index in [0.29, 0.717) is 45.1 Å². The standard InChI is InChI=1S/C21H34N4O5S/c1-3-10-22-20(27)25-11-8-21(9-12-25)15-24(2)14-17(26)13-23-31(28,29)19-7-5-4-6-18(19)30-16-21/h4-7,17,23,26H,3,8-16H2,1-2H3,(H,22,27). The minimum atomic E-state index is -3.81. The van der Waals surface area contributed by atoms with Crippen molar-refractivity contribution in [2.75, 3.05) is 52.9 Å². The Morgan fingerprint density at radius 1 is 1.32 bits per heavy atom. The van der Waals surface area contributed by atoms with Gasteiger partial charge >= 0.3 is 6.03 Å². The smallest absolute Gasteiger partial charge is 0.317 e. The fourth-order valence-corrected chi connectivity index (χ4v) is 5.46. The quantitative estimate of drug-likeness (QED) is 0.611. The number of ether oxygens (including phenoxy) is 1. The molecular weight excluding hydrogens is 420 g/mol. The number of β-amino-alcohol motifs (C(OH)–C–C–N with tert-alkyl or cyclic N) is 1. The summed E-state index contributed by atoms with van der Waals surface area (Å²) in [5.41, 5.74) is -0.250. The van der Waals surface area contributed by atoms with Crippen LogP contribution in [0.25, 0.3) is 0 Å². The predicted octanol–water partition coefficient (Wildman–Crippen LogP) is 0.852. The lowest BCUT2D eigenvalue weighted by atomic mass is 9.78. The monoisotopic (exact) mass is 454 g/mol. The highest BCUT2D eigenvalue weighted by Crippen LogP contribution is 2.35. The van der Waals surface area contributed by atoms with Crippen LogP contribution in [0, 0.1) is 5.41 Å². The second-order valence-electron chi connectivity index (χ2n) is 8.66. The number of carbonyl (C=O) groups is 1. The van der Waals surface area contributed by atoms with E-state index in [-0.39, 0.29) is 22.9 Å². The highest BCUT2D eigenvalue weighted by atomic mass is 32.2. The number of hydrogen-bond acceptors (Lipinski definition) is 6. The number of piperidine rings is 1. The highest BCUT2D eigenvalue weighted by molar-refractivity contribution is 7.89. The number of benzene rings is 1. The molecule has 9 nitrogen and oxygen atoms in total. The number of likely N-dealkylation sites (tertiary alicyclic amines) is 1. The number of amides is 2. The van der Waals surface area contributed by atoms with Gasteiger partial charge < -0.3 is 25.0 Å². The van der Waals surface area contributed by atoms with Crippen molar-refractivity contribution in [2.45, 2.75) is 37.2 Å². The van der Waals surface area contributed by atoms with Gasteiger partial charge in [-0.3, -0.25) is 0 Å². The number of nitrogens with zero attached hydrogens (tertiary/aromatic N) is 2. The fraction of sp³-hybridized carbons (Fsp3) is 0.667. The molecule has 1 unspecified atom stereocenters. The van der Waals surface area contributed by atoms with Crippen molar-refractivity contribution in [1.29, 1.82) is 0 Å². The molecule has 174 valence electrons. The summed E-state index contributed by atoms with van der Waals surface area (Å²) >= 11 is 0. The second-order valence-corrected chi connectivity index (χ2v) is 10.4. The minimum absolute atomic E-state index is 0.0444. The molecule has 3 rings (SSSR count). The van der Waals surface area contributed by atoms with Gasteiger partial charge in [0.2, 0.25) is 10.0 Å². The topological polar surface area (TPSA) is 111 Å². The number of fused-ring (bicyclic) bond motifs is 1. The number of aliphatic hydroxyl groups is 1. The van der Waals surface area contributed by atoms with Gasteiger partial charge in [-0.1, -0.05) is 19.1 Å². The summed E-state index contributed by atoms with van der Waals surface area (Å²) in [6.45, 7) is 5.18. The third-order valence-corrected chi connectivity index (χ3v) is 7.41. The van der Waals surface area contributed by atoms with Gasteiger partial charge in [-0.15, -0.1) is 0 Å². The van der Waals surface area contributed by atoms with E-state index < -0.39 is 16.1 Å². The Balaban J connectivity index is 1.81. The first-order valence-electron chi connectivity index (χ1n) is 10.9. The minimum Gasteiger partial charge on any atom is -0.492 e. The highest BCUT2D eigenvalue weighted by Gasteiger charge is 2.38. The Morgan fingerprint density at radius 2 is 2.03 bits per heavy atom. The van der Waals surface area contributed by atoms with Gasteiger partial charge in [-0.25, -0.2) is 17.9 Å². The van der Waals surface area contributed by atoms with E-state index in [1.54, 1.807) is 18.2 Å². The van der Waals surface area contributed by atoms with Crippen LogP contribution in [0.3, 0.4) is 0 Å². The van der Waals surface area contributed by atoms with Crippen molar-refractivity contribution in [3.8, 4) is 5.75 Å². The molecule has 3 N–H and O–H groups in total. The Hall–Kier alpha value is -1.88. The third-order valence-electron chi connectivity index (χ3n) is 5.95. The second kappa shape index (κ2) is 10.2. The first kappa shape index (κ1) is 23.8. The number of likely N-dealkylation sites (N-methyl/N-ethyl adjacent to an activating group) is 1. The molecule has 1 aromatic rings. The summed E-state index contributed by atoms with van der Waals surface area (Å²) in [4.78, 5) is 16.3. The maximum absolute atomic E-state index is 12.7. The molecule has 0 aliphatic carbocycles. The van der Waals surface area contributed by atoms with Crippen molar-refractivity contribution in [3.05, 3.63) is 24.3 Å². The van der Waals surface area contributed by atoms with Gasteiger partial charge in [0.05, 0.1) is 12.7 Å². The molecule has 1 saturated heterocycles. The van der Waals surface area contributed by atoms with Crippen molar-refractivity contribution in [2.24, 2.45) is 5.41 Å². The first-order chi connectivity index (χ1) is 14.7. The van der Waals surface area contributed by atoms with Crippen LogP contribution >= 0.6 is 0 Å². The van der Waals surface area contributed by atoms with E-state index in [4.69, 9.17) is 4.74 Å². The van der Waals surface area contributed by atoms with Crippen LogP contribution in [-0.4, -0.2) is 88.4 Å². The Morgan fingerprint density at radius 3 is 2.74 bits per heavy atom. The van der Waals surface area contributed by atoms with E-state index in [2.05, 4.69) is 10.0 Å². The van der Waals surface area contributed by atoms with Crippen LogP contribution in [-0.2, 0) is 10.0 Å². The molecule has 0 aromatic heterocycles. The van der Waals surface area contributed by atoms with Crippen LogP contribution in [0.15, 0.2) is 29.2 Å². The average molecular weight is 455 g/mol. The molecule has 2 amide bonds. The van der Waals surface area contributed by atoms with E-state index in [1.165, 1.54) is 6.07 Å². The zero-order valence-corrected chi connectivity index (χ0v) is 19.2. The van der Waals surface area contributed by atoms with Crippen molar-refractivity contribution >= 4 is 16.1 Å². The summed E-state index contributed by atoms with van der Waals surface area (Å²) < 4.78 is 34.1. The van der Waals surface area contributed by atoms with E-state index in [0.717, 1.165) is 19.3 Å². The molecule has 0 radical (unpaired) electrons. The number of sulfonamides is 1. The number of hydrogen-bond donors (Lipinski definition) is 3. The maximum atomic E-state index is 12.7. The zero-order valence-electron chi connectivity index (χ0n) is 18.3. The van der Waals surface area contributed by atoms with E-state index in [1.807, 2.05) is 23.8 Å². The largest absolute Gasteiger partial charge is 0.492 e. The Labute approximate surface area is 184 Å². The molecule has 2 aliphatic rings. The molecule has 1 atom stereocenters.